The normalized spacial score (nSPS) is 18.9. The van der Waals surface area contributed by atoms with Crippen LogP contribution in [0.3, 0.4) is 0 Å². The summed E-state index contributed by atoms with van der Waals surface area (Å²) >= 11 is 0. The number of ketones is 1. The van der Waals surface area contributed by atoms with E-state index >= 15 is 0 Å². The summed E-state index contributed by atoms with van der Waals surface area (Å²) < 4.78 is 27.2. The SMILES string of the molecule is Cc1ccc(S(=O)(=O)N2CC(=O)CC2CCc2ccccc2)cc1. The Kier molecular flexibility index (Phi) is 4.83. The Hall–Kier alpha value is -1.98. The van der Waals surface area contributed by atoms with Gasteiger partial charge in [0, 0.05) is 12.5 Å². The van der Waals surface area contributed by atoms with E-state index in [1.54, 1.807) is 24.3 Å². The second kappa shape index (κ2) is 6.87. The molecule has 1 unspecified atom stereocenters. The molecule has 0 aliphatic carbocycles. The van der Waals surface area contributed by atoms with Gasteiger partial charge in [-0.3, -0.25) is 4.79 Å². The Morgan fingerprint density at radius 3 is 2.38 bits per heavy atom. The summed E-state index contributed by atoms with van der Waals surface area (Å²) in [6, 6.07) is 16.5. The molecular formula is C19H21NO3S. The minimum absolute atomic E-state index is 0.0104. The Morgan fingerprint density at radius 2 is 1.71 bits per heavy atom. The summed E-state index contributed by atoms with van der Waals surface area (Å²) in [5.74, 6) is -0.0104. The van der Waals surface area contributed by atoms with Gasteiger partial charge in [-0.05, 0) is 37.5 Å². The number of sulfonamides is 1. The number of benzene rings is 2. The predicted octanol–water partition coefficient (Wildman–Crippen LogP) is 2.96. The molecule has 0 amide bonds. The number of carbonyl (C=O) groups is 1. The maximum absolute atomic E-state index is 12.9. The molecule has 0 saturated carbocycles. The molecule has 0 bridgehead atoms. The molecule has 1 atom stereocenters. The van der Waals surface area contributed by atoms with Crippen molar-refractivity contribution < 1.29 is 13.2 Å². The Labute approximate surface area is 143 Å². The molecule has 0 radical (unpaired) electrons. The fourth-order valence-corrected chi connectivity index (χ4v) is 4.72. The van der Waals surface area contributed by atoms with Gasteiger partial charge in [-0.15, -0.1) is 0 Å². The summed E-state index contributed by atoms with van der Waals surface area (Å²) in [6.07, 6.45) is 1.72. The van der Waals surface area contributed by atoms with E-state index < -0.39 is 10.0 Å². The van der Waals surface area contributed by atoms with Crippen LogP contribution in [0, 0.1) is 6.92 Å². The van der Waals surface area contributed by atoms with E-state index in [1.165, 1.54) is 4.31 Å². The minimum atomic E-state index is -3.63. The van der Waals surface area contributed by atoms with Gasteiger partial charge in [-0.1, -0.05) is 48.0 Å². The monoisotopic (exact) mass is 343 g/mol. The standard InChI is InChI=1S/C19H21NO3S/c1-15-7-11-19(12-8-15)24(22,23)20-14-18(21)13-17(20)10-9-16-5-3-2-4-6-16/h2-8,11-12,17H,9-10,13-14H2,1H3. The molecule has 2 aromatic rings. The summed E-state index contributed by atoms with van der Waals surface area (Å²) in [4.78, 5) is 12.2. The van der Waals surface area contributed by atoms with Crippen molar-refractivity contribution in [1.82, 2.24) is 4.31 Å². The van der Waals surface area contributed by atoms with Gasteiger partial charge in [-0.2, -0.15) is 4.31 Å². The molecule has 1 heterocycles. The molecule has 3 rings (SSSR count). The zero-order valence-corrected chi connectivity index (χ0v) is 14.5. The van der Waals surface area contributed by atoms with E-state index in [0.717, 1.165) is 17.5 Å². The van der Waals surface area contributed by atoms with E-state index in [9.17, 15) is 13.2 Å². The van der Waals surface area contributed by atoms with Crippen LogP contribution in [0.15, 0.2) is 59.5 Å². The average molecular weight is 343 g/mol. The number of nitrogens with zero attached hydrogens (tertiary/aromatic N) is 1. The zero-order chi connectivity index (χ0) is 17.2. The van der Waals surface area contributed by atoms with Crippen LogP contribution in [0.4, 0.5) is 0 Å². The number of hydrogen-bond acceptors (Lipinski definition) is 3. The number of Topliss-reactive ketones (excluding diaryl/α,β-unsaturated/α-hetero) is 1. The molecule has 0 spiro atoms. The second-order valence-electron chi connectivity index (χ2n) is 6.28. The van der Waals surface area contributed by atoms with Gasteiger partial charge < -0.3 is 0 Å². The first kappa shape index (κ1) is 16.9. The van der Waals surface area contributed by atoms with Crippen LogP contribution in [-0.2, 0) is 21.2 Å². The molecule has 126 valence electrons. The van der Waals surface area contributed by atoms with E-state index in [1.807, 2.05) is 37.3 Å². The lowest BCUT2D eigenvalue weighted by Crippen LogP contribution is -2.36. The van der Waals surface area contributed by atoms with E-state index in [0.29, 0.717) is 12.8 Å². The van der Waals surface area contributed by atoms with Crippen LogP contribution < -0.4 is 0 Å². The molecule has 4 nitrogen and oxygen atoms in total. The zero-order valence-electron chi connectivity index (χ0n) is 13.7. The fraction of sp³-hybridized carbons (Fsp3) is 0.316. The average Bonchev–Trinajstić information content (AvgIpc) is 2.96. The molecular weight excluding hydrogens is 322 g/mol. The highest BCUT2D eigenvalue weighted by molar-refractivity contribution is 7.89. The number of rotatable bonds is 5. The lowest BCUT2D eigenvalue weighted by Gasteiger charge is -2.23. The van der Waals surface area contributed by atoms with Crippen molar-refractivity contribution in [3.05, 3.63) is 65.7 Å². The summed E-state index contributed by atoms with van der Waals surface area (Å²) in [5.41, 5.74) is 2.16. The Balaban J connectivity index is 1.79. The molecule has 2 aromatic carbocycles. The van der Waals surface area contributed by atoms with Gasteiger partial charge in [0.1, 0.15) is 5.78 Å². The summed E-state index contributed by atoms with van der Waals surface area (Å²) in [6.45, 7) is 1.90. The fourth-order valence-electron chi connectivity index (χ4n) is 3.08. The minimum Gasteiger partial charge on any atom is -0.298 e. The molecule has 0 N–H and O–H groups in total. The van der Waals surface area contributed by atoms with Crippen molar-refractivity contribution in [3.8, 4) is 0 Å². The van der Waals surface area contributed by atoms with E-state index in [-0.39, 0.29) is 23.3 Å². The third-order valence-electron chi connectivity index (χ3n) is 4.44. The molecule has 1 aliphatic rings. The number of hydrogen-bond donors (Lipinski definition) is 0. The first-order chi connectivity index (χ1) is 11.5. The molecule has 24 heavy (non-hydrogen) atoms. The lowest BCUT2D eigenvalue weighted by atomic mass is 10.0. The lowest BCUT2D eigenvalue weighted by molar-refractivity contribution is -0.116. The van der Waals surface area contributed by atoms with E-state index in [4.69, 9.17) is 0 Å². The third-order valence-corrected chi connectivity index (χ3v) is 6.35. The predicted molar refractivity (Wildman–Crippen MR) is 93.2 cm³/mol. The number of aryl methyl sites for hydroxylation is 2. The van der Waals surface area contributed by atoms with Crippen molar-refractivity contribution in [2.75, 3.05) is 6.54 Å². The van der Waals surface area contributed by atoms with Crippen molar-refractivity contribution >= 4 is 15.8 Å². The quantitative estimate of drug-likeness (QED) is 0.839. The maximum Gasteiger partial charge on any atom is 0.243 e. The van der Waals surface area contributed by atoms with Crippen LogP contribution in [0.5, 0.6) is 0 Å². The largest absolute Gasteiger partial charge is 0.298 e. The van der Waals surface area contributed by atoms with Crippen molar-refractivity contribution in [2.45, 2.75) is 37.1 Å². The van der Waals surface area contributed by atoms with Gasteiger partial charge in [0.2, 0.25) is 10.0 Å². The van der Waals surface area contributed by atoms with Gasteiger partial charge in [0.15, 0.2) is 0 Å². The molecule has 1 fully saturated rings. The van der Waals surface area contributed by atoms with Gasteiger partial charge in [-0.25, -0.2) is 8.42 Å². The highest BCUT2D eigenvalue weighted by Gasteiger charge is 2.39. The second-order valence-corrected chi connectivity index (χ2v) is 8.17. The van der Waals surface area contributed by atoms with Crippen molar-refractivity contribution in [1.29, 1.82) is 0 Å². The Morgan fingerprint density at radius 1 is 1.04 bits per heavy atom. The van der Waals surface area contributed by atoms with Crippen LogP contribution in [0.25, 0.3) is 0 Å². The van der Waals surface area contributed by atoms with Crippen molar-refractivity contribution in [3.63, 3.8) is 0 Å². The van der Waals surface area contributed by atoms with Gasteiger partial charge >= 0.3 is 0 Å². The molecule has 1 aliphatic heterocycles. The molecule has 5 heteroatoms. The first-order valence-electron chi connectivity index (χ1n) is 8.11. The smallest absolute Gasteiger partial charge is 0.243 e. The Bertz CT molecular complexity index is 813. The number of carbonyl (C=O) groups excluding carboxylic acids is 1. The van der Waals surface area contributed by atoms with Crippen LogP contribution in [0.1, 0.15) is 24.0 Å². The highest BCUT2D eigenvalue weighted by Crippen LogP contribution is 2.27. The van der Waals surface area contributed by atoms with Crippen molar-refractivity contribution in [2.24, 2.45) is 0 Å². The maximum atomic E-state index is 12.9. The summed E-state index contributed by atoms with van der Waals surface area (Å²) in [5, 5.41) is 0. The molecule has 1 saturated heterocycles. The summed E-state index contributed by atoms with van der Waals surface area (Å²) in [7, 11) is -3.63. The van der Waals surface area contributed by atoms with Gasteiger partial charge in [0.25, 0.3) is 0 Å². The first-order valence-corrected chi connectivity index (χ1v) is 9.55. The van der Waals surface area contributed by atoms with Crippen LogP contribution in [0.2, 0.25) is 0 Å². The highest BCUT2D eigenvalue weighted by atomic mass is 32.2. The third kappa shape index (κ3) is 3.57. The van der Waals surface area contributed by atoms with E-state index in [2.05, 4.69) is 0 Å². The van der Waals surface area contributed by atoms with Crippen LogP contribution in [-0.4, -0.2) is 31.1 Å². The topological polar surface area (TPSA) is 54.5 Å². The van der Waals surface area contributed by atoms with Crippen LogP contribution >= 0.6 is 0 Å². The molecule has 0 aromatic heterocycles. The van der Waals surface area contributed by atoms with Gasteiger partial charge in [0.05, 0.1) is 11.4 Å².